The van der Waals surface area contributed by atoms with E-state index in [0.717, 1.165) is 43.9 Å². The number of aromatic hydroxyl groups is 1. The molecule has 1 aliphatic rings. The molecule has 3 nitrogen and oxygen atoms in total. The second-order valence-corrected chi connectivity index (χ2v) is 5.04. The molecule has 0 radical (unpaired) electrons. The van der Waals surface area contributed by atoms with Crippen LogP contribution in [0.4, 0.5) is 0 Å². The average molecular weight is 234 g/mol. The van der Waals surface area contributed by atoms with Crippen LogP contribution in [0, 0.1) is 0 Å². The van der Waals surface area contributed by atoms with E-state index in [1.54, 1.807) is 0 Å². The number of hydrogen-bond donors (Lipinski definition) is 2. The quantitative estimate of drug-likeness (QED) is 0.838. The van der Waals surface area contributed by atoms with Gasteiger partial charge in [0, 0.05) is 38.3 Å². The molecule has 1 heterocycles. The minimum Gasteiger partial charge on any atom is -0.507 e. The Morgan fingerprint density at radius 1 is 1.29 bits per heavy atom. The molecule has 1 fully saturated rings. The largest absolute Gasteiger partial charge is 0.507 e. The maximum Gasteiger partial charge on any atom is 0.123 e. The van der Waals surface area contributed by atoms with Crippen molar-refractivity contribution in [2.45, 2.75) is 26.3 Å². The number of phenols is 1. The zero-order valence-electron chi connectivity index (χ0n) is 10.7. The molecule has 1 aromatic rings. The summed E-state index contributed by atoms with van der Waals surface area (Å²) in [6.07, 6.45) is 0. The fourth-order valence-corrected chi connectivity index (χ4v) is 2.31. The molecule has 3 heteroatoms. The molecule has 0 aromatic heterocycles. The number of para-hydroxylation sites is 1. The predicted octanol–water partition coefficient (Wildman–Crippen LogP) is 1.92. The van der Waals surface area contributed by atoms with Gasteiger partial charge >= 0.3 is 0 Å². The Hall–Kier alpha value is -1.06. The summed E-state index contributed by atoms with van der Waals surface area (Å²) in [5.41, 5.74) is 2.11. The molecular formula is C14H22N2O. The van der Waals surface area contributed by atoms with Crippen LogP contribution >= 0.6 is 0 Å². The lowest BCUT2D eigenvalue weighted by Gasteiger charge is -2.27. The standard InChI is InChI=1S/C14H22N2O/c1-11(2)13-5-3-4-12(14(13)17)10-16-8-6-15-7-9-16/h3-5,11,15,17H,6-10H2,1-2H3. The molecule has 1 aromatic carbocycles. The van der Waals surface area contributed by atoms with Crippen molar-refractivity contribution in [2.75, 3.05) is 26.2 Å². The molecule has 0 spiro atoms. The normalized spacial score (nSPS) is 17.6. The smallest absolute Gasteiger partial charge is 0.123 e. The van der Waals surface area contributed by atoms with Crippen molar-refractivity contribution in [3.8, 4) is 5.75 Å². The van der Waals surface area contributed by atoms with Gasteiger partial charge in [-0.2, -0.15) is 0 Å². The van der Waals surface area contributed by atoms with E-state index in [9.17, 15) is 5.11 Å². The number of piperazine rings is 1. The third-order valence-electron chi connectivity index (χ3n) is 3.38. The van der Waals surface area contributed by atoms with E-state index in [-0.39, 0.29) is 0 Å². The van der Waals surface area contributed by atoms with Crippen LogP contribution in [0.5, 0.6) is 5.75 Å². The highest BCUT2D eigenvalue weighted by Gasteiger charge is 2.14. The first-order chi connectivity index (χ1) is 8.18. The molecular weight excluding hydrogens is 212 g/mol. The zero-order valence-corrected chi connectivity index (χ0v) is 10.7. The Kier molecular flexibility index (Phi) is 4.02. The third kappa shape index (κ3) is 2.99. The highest BCUT2D eigenvalue weighted by Crippen LogP contribution is 2.29. The van der Waals surface area contributed by atoms with Crippen molar-refractivity contribution in [3.63, 3.8) is 0 Å². The summed E-state index contributed by atoms with van der Waals surface area (Å²) in [6.45, 7) is 9.30. The van der Waals surface area contributed by atoms with Gasteiger partial charge in [-0.3, -0.25) is 4.90 Å². The van der Waals surface area contributed by atoms with Gasteiger partial charge in [-0.25, -0.2) is 0 Å². The highest BCUT2D eigenvalue weighted by atomic mass is 16.3. The monoisotopic (exact) mass is 234 g/mol. The van der Waals surface area contributed by atoms with Crippen LogP contribution in [0.3, 0.4) is 0 Å². The summed E-state index contributed by atoms with van der Waals surface area (Å²) in [7, 11) is 0. The summed E-state index contributed by atoms with van der Waals surface area (Å²) in [5, 5.41) is 13.6. The molecule has 2 rings (SSSR count). The van der Waals surface area contributed by atoms with Gasteiger partial charge in [0.1, 0.15) is 5.75 Å². The minimum absolute atomic E-state index is 0.373. The first kappa shape index (κ1) is 12.4. The first-order valence-electron chi connectivity index (χ1n) is 6.42. The summed E-state index contributed by atoms with van der Waals surface area (Å²) < 4.78 is 0. The van der Waals surface area contributed by atoms with E-state index in [1.807, 2.05) is 18.2 Å². The fourth-order valence-electron chi connectivity index (χ4n) is 2.31. The van der Waals surface area contributed by atoms with E-state index in [1.165, 1.54) is 0 Å². The van der Waals surface area contributed by atoms with Gasteiger partial charge in [-0.15, -0.1) is 0 Å². The summed E-state index contributed by atoms with van der Waals surface area (Å²) >= 11 is 0. The van der Waals surface area contributed by atoms with E-state index in [2.05, 4.69) is 24.1 Å². The van der Waals surface area contributed by atoms with E-state index < -0.39 is 0 Å². The molecule has 94 valence electrons. The predicted molar refractivity (Wildman–Crippen MR) is 70.3 cm³/mol. The zero-order chi connectivity index (χ0) is 12.3. The van der Waals surface area contributed by atoms with Gasteiger partial charge in [0.15, 0.2) is 0 Å². The molecule has 0 amide bonds. The Labute approximate surface area is 103 Å². The molecule has 1 saturated heterocycles. The van der Waals surface area contributed by atoms with Crippen molar-refractivity contribution in [3.05, 3.63) is 29.3 Å². The second kappa shape index (κ2) is 5.52. The maximum atomic E-state index is 10.2. The fraction of sp³-hybridized carbons (Fsp3) is 0.571. The van der Waals surface area contributed by atoms with Gasteiger partial charge in [0.05, 0.1) is 0 Å². The summed E-state index contributed by atoms with van der Waals surface area (Å²) in [4.78, 5) is 2.38. The van der Waals surface area contributed by atoms with E-state index in [0.29, 0.717) is 11.7 Å². The number of benzene rings is 1. The topological polar surface area (TPSA) is 35.5 Å². The van der Waals surface area contributed by atoms with Crippen LogP contribution in [0.1, 0.15) is 30.9 Å². The van der Waals surface area contributed by atoms with Gasteiger partial charge < -0.3 is 10.4 Å². The van der Waals surface area contributed by atoms with Gasteiger partial charge in [0.25, 0.3) is 0 Å². The summed E-state index contributed by atoms with van der Waals surface area (Å²) in [6, 6.07) is 6.09. The number of hydrogen-bond acceptors (Lipinski definition) is 3. The number of nitrogens with zero attached hydrogens (tertiary/aromatic N) is 1. The molecule has 0 bridgehead atoms. The Balaban J connectivity index is 2.12. The van der Waals surface area contributed by atoms with Crippen molar-refractivity contribution in [2.24, 2.45) is 0 Å². The summed E-state index contributed by atoms with van der Waals surface area (Å²) in [5.74, 6) is 0.860. The highest BCUT2D eigenvalue weighted by molar-refractivity contribution is 5.42. The van der Waals surface area contributed by atoms with Gasteiger partial charge in [-0.1, -0.05) is 32.0 Å². The first-order valence-corrected chi connectivity index (χ1v) is 6.42. The lowest BCUT2D eigenvalue weighted by atomic mass is 9.99. The van der Waals surface area contributed by atoms with Crippen LogP contribution in [0.2, 0.25) is 0 Å². The van der Waals surface area contributed by atoms with Crippen LogP contribution in [0.25, 0.3) is 0 Å². The maximum absolute atomic E-state index is 10.2. The molecule has 0 aliphatic carbocycles. The molecule has 0 saturated carbocycles. The van der Waals surface area contributed by atoms with Crippen molar-refractivity contribution in [1.29, 1.82) is 0 Å². The Morgan fingerprint density at radius 2 is 2.00 bits per heavy atom. The second-order valence-electron chi connectivity index (χ2n) is 5.04. The average Bonchev–Trinajstić information content (AvgIpc) is 2.33. The van der Waals surface area contributed by atoms with Crippen LogP contribution in [-0.4, -0.2) is 36.2 Å². The molecule has 2 N–H and O–H groups in total. The third-order valence-corrected chi connectivity index (χ3v) is 3.38. The molecule has 0 unspecified atom stereocenters. The Bertz CT molecular complexity index is 370. The number of rotatable bonds is 3. The van der Waals surface area contributed by atoms with Crippen molar-refractivity contribution >= 4 is 0 Å². The van der Waals surface area contributed by atoms with Crippen LogP contribution in [0.15, 0.2) is 18.2 Å². The van der Waals surface area contributed by atoms with Crippen molar-refractivity contribution < 1.29 is 5.11 Å². The van der Waals surface area contributed by atoms with E-state index in [4.69, 9.17) is 0 Å². The van der Waals surface area contributed by atoms with Crippen molar-refractivity contribution in [1.82, 2.24) is 10.2 Å². The van der Waals surface area contributed by atoms with Gasteiger partial charge in [0.2, 0.25) is 0 Å². The lowest BCUT2D eigenvalue weighted by Crippen LogP contribution is -2.42. The molecule has 0 atom stereocenters. The number of phenolic OH excluding ortho intramolecular Hbond substituents is 1. The minimum atomic E-state index is 0.373. The SMILES string of the molecule is CC(C)c1cccc(CN2CCNCC2)c1O. The van der Waals surface area contributed by atoms with Crippen LogP contribution in [-0.2, 0) is 6.54 Å². The molecule has 17 heavy (non-hydrogen) atoms. The van der Waals surface area contributed by atoms with E-state index >= 15 is 0 Å². The van der Waals surface area contributed by atoms with Crippen LogP contribution < -0.4 is 5.32 Å². The Morgan fingerprint density at radius 3 is 2.65 bits per heavy atom. The molecule has 1 aliphatic heterocycles. The number of nitrogens with one attached hydrogen (secondary N) is 1. The lowest BCUT2D eigenvalue weighted by molar-refractivity contribution is 0.230. The van der Waals surface area contributed by atoms with Gasteiger partial charge in [-0.05, 0) is 11.5 Å².